The Morgan fingerprint density at radius 1 is 1.16 bits per heavy atom. The number of aliphatic hydroxyl groups is 3. The second kappa shape index (κ2) is 6.56. The lowest BCUT2D eigenvalue weighted by Gasteiger charge is -2.52. The Hall–Kier alpha value is -3.37. The predicted octanol–water partition coefficient (Wildman–Crippen LogP) is -0.454. The number of phenolic OH excluding ortho intramolecular Hbond substituents is 1. The molecule has 0 radical (unpaired) electrons. The normalized spacial score (nSPS) is 30.3. The van der Waals surface area contributed by atoms with Crippen LogP contribution in [0.1, 0.15) is 17.5 Å². The van der Waals surface area contributed by atoms with Gasteiger partial charge in [0, 0.05) is 35.6 Å². The Bertz CT molecular complexity index is 1120. The first-order valence-corrected chi connectivity index (χ1v) is 9.67. The van der Waals surface area contributed by atoms with E-state index in [-0.39, 0.29) is 23.3 Å². The number of hydrogen-bond acceptors (Lipinski definition) is 9. The lowest BCUT2D eigenvalue weighted by Crippen LogP contribution is -2.66. The number of benzene rings is 1. The molecule has 0 aromatic heterocycles. The van der Waals surface area contributed by atoms with E-state index in [2.05, 4.69) is 0 Å². The van der Waals surface area contributed by atoms with Crippen LogP contribution in [0.25, 0.3) is 5.76 Å². The number of ketones is 2. The molecule has 1 aromatic rings. The molecule has 0 bridgehead atoms. The number of phenols is 1. The average Bonchev–Trinajstić information content (AvgIpc) is 2.67. The number of Topliss-reactive ketones (excluding diaryl/α,β-unsaturated/α-hetero) is 2. The van der Waals surface area contributed by atoms with Gasteiger partial charge in [0.15, 0.2) is 11.4 Å². The van der Waals surface area contributed by atoms with Crippen LogP contribution in [0, 0.1) is 11.8 Å². The molecule has 31 heavy (non-hydrogen) atoms. The monoisotopic (exact) mass is 429 g/mol. The van der Waals surface area contributed by atoms with Crippen molar-refractivity contribution in [3.05, 3.63) is 40.2 Å². The number of nitrogens with two attached hydrogens (primary N) is 2. The van der Waals surface area contributed by atoms with Gasteiger partial charge in [-0.3, -0.25) is 14.4 Å². The number of nitrogens with zero attached hydrogens (tertiary/aromatic N) is 1. The zero-order valence-corrected chi connectivity index (χ0v) is 16.9. The van der Waals surface area contributed by atoms with Crippen LogP contribution >= 0.6 is 0 Å². The van der Waals surface area contributed by atoms with Crippen molar-refractivity contribution in [2.75, 3.05) is 19.8 Å². The van der Waals surface area contributed by atoms with Crippen LogP contribution in [0.15, 0.2) is 29.0 Å². The number of aromatic hydroxyl groups is 1. The van der Waals surface area contributed by atoms with Crippen LogP contribution in [-0.2, 0) is 20.8 Å². The van der Waals surface area contributed by atoms with Gasteiger partial charge >= 0.3 is 0 Å². The predicted molar refractivity (Wildman–Crippen MR) is 109 cm³/mol. The van der Waals surface area contributed by atoms with E-state index in [1.807, 2.05) is 0 Å². The van der Waals surface area contributed by atoms with Crippen molar-refractivity contribution in [3.63, 3.8) is 0 Å². The molecule has 0 spiro atoms. The zero-order chi connectivity index (χ0) is 23.0. The van der Waals surface area contributed by atoms with Gasteiger partial charge in [-0.25, -0.2) is 0 Å². The summed E-state index contributed by atoms with van der Waals surface area (Å²) in [5, 5.41) is 43.4. The third-order valence-corrected chi connectivity index (χ3v) is 6.69. The van der Waals surface area contributed by atoms with Crippen LogP contribution in [0.3, 0.4) is 0 Å². The number of rotatable bonds is 2. The summed E-state index contributed by atoms with van der Waals surface area (Å²) in [5.74, 6) is -6.86. The number of hydrogen-bond donors (Lipinski definition) is 6. The van der Waals surface area contributed by atoms with Gasteiger partial charge in [-0.05, 0) is 38.2 Å². The molecule has 164 valence electrons. The maximum Gasteiger partial charge on any atom is 0.255 e. The van der Waals surface area contributed by atoms with Crippen molar-refractivity contribution in [2.24, 2.45) is 17.6 Å². The maximum absolute atomic E-state index is 13.5. The molecule has 10 nitrogen and oxygen atoms in total. The fourth-order valence-electron chi connectivity index (χ4n) is 5.39. The molecule has 4 atom stereocenters. The van der Waals surface area contributed by atoms with Crippen LogP contribution in [0.2, 0.25) is 0 Å². The Kier molecular flexibility index (Phi) is 4.42. The number of carbonyl (C=O) groups excluding carboxylic acids is 3. The van der Waals surface area contributed by atoms with E-state index in [0.29, 0.717) is 11.3 Å². The Morgan fingerprint density at radius 2 is 1.81 bits per heavy atom. The standard InChI is InChI=1S/C21H23N3O7/c1-24(2)16-8-5-7-10(22)3-4-11(25)13(7)17(27)14(8)18(28)21(31)9(16)6-12(26)15(19(21)29)20(23)30/h3-4,8-9,16,25,27,29,31H,5-6,22H2,1-2H3,(H2,23,30)/t8?,9?,16-,21-/m0/s1. The first-order valence-electron chi connectivity index (χ1n) is 9.67. The van der Waals surface area contributed by atoms with E-state index in [0.717, 1.165) is 0 Å². The van der Waals surface area contributed by atoms with Crippen LogP contribution in [-0.4, -0.2) is 68.5 Å². The summed E-state index contributed by atoms with van der Waals surface area (Å²) in [4.78, 5) is 39.5. The summed E-state index contributed by atoms with van der Waals surface area (Å²) in [6.45, 7) is 0. The first kappa shape index (κ1) is 20.9. The molecule has 4 rings (SSSR count). The van der Waals surface area contributed by atoms with Gasteiger partial charge in [0.2, 0.25) is 5.78 Å². The van der Waals surface area contributed by atoms with Crippen molar-refractivity contribution in [3.8, 4) is 5.75 Å². The van der Waals surface area contributed by atoms with E-state index in [1.54, 1.807) is 19.0 Å². The fraction of sp³-hybridized carbons (Fsp3) is 0.381. The van der Waals surface area contributed by atoms with Gasteiger partial charge in [0.05, 0.1) is 5.56 Å². The largest absolute Gasteiger partial charge is 0.508 e. The van der Waals surface area contributed by atoms with Crippen molar-refractivity contribution in [1.29, 1.82) is 0 Å². The van der Waals surface area contributed by atoms with Crippen LogP contribution in [0.4, 0.5) is 5.69 Å². The molecule has 10 heteroatoms. The minimum Gasteiger partial charge on any atom is -0.508 e. The average molecular weight is 429 g/mol. The molecule has 2 unspecified atom stereocenters. The molecular weight excluding hydrogens is 406 g/mol. The zero-order valence-electron chi connectivity index (χ0n) is 16.9. The lowest BCUT2D eigenvalue weighted by molar-refractivity contribution is -0.153. The summed E-state index contributed by atoms with van der Waals surface area (Å²) in [7, 11) is 3.34. The second-order valence-electron chi connectivity index (χ2n) is 8.47. The number of nitrogen functional groups attached to an aromatic ring is 1. The van der Waals surface area contributed by atoms with E-state index in [1.165, 1.54) is 12.1 Å². The SMILES string of the molecule is CN(C)[C@H]1C2Cc3c(N)ccc(O)c3C(O)=C2C(=O)[C@]2(O)C(O)=C(C(N)=O)C(=O)CC12. The molecule has 1 fully saturated rings. The first-order chi connectivity index (χ1) is 14.4. The lowest BCUT2D eigenvalue weighted by atomic mass is 9.56. The third-order valence-electron chi connectivity index (χ3n) is 6.69. The van der Waals surface area contributed by atoms with Gasteiger partial charge in [-0.2, -0.15) is 0 Å². The molecule has 1 aromatic carbocycles. The Labute approximate surface area is 177 Å². The highest BCUT2D eigenvalue weighted by atomic mass is 16.3. The topological polar surface area (TPSA) is 187 Å². The molecule has 3 aliphatic rings. The van der Waals surface area contributed by atoms with Crippen molar-refractivity contribution < 1.29 is 34.8 Å². The summed E-state index contributed by atoms with van der Waals surface area (Å²) in [6, 6.07) is 2.06. The minimum absolute atomic E-state index is 0.0235. The molecule has 1 saturated carbocycles. The van der Waals surface area contributed by atoms with Crippen molar-refractivity contribution >= 4 is 28.9 Å². The molecule has 0 saturated heterocycles. The van der Waals surface area contributed by atoms with Gasteiger partial charge in [-0.1, -0.05) is 0 Å². The summed E-state index contributed by atoms with van der Waals surface area (Å²) in [6.07, 6.45) is -0.252. The smallest absolute Gasteiger partial charge is 0.255 e. The number of carbonyl (C=O) groups is 3. The Balaban J connectivity index is 2.05. The van der Waals surface area contributed by atoms with Crippen LogP contribution in [0.5, 0.6) is 5.75 Å². The molecule has 0 aliphatic heterocycles. The molecule has 8 N–H and O–H groups in total. The quantitative estimate of drug-likeness (QED) is 0.205. The van der Waals surface area contributed by atoms with Crippen molar-refractivity contribution in [2.45, 2.75) is 24.5 Å². The molecule has 0 heterocycles. The highest BCUT2D eigenvalue weighted by Crippen LogP contribution is 2.53. The molecule has 1 amide bonds. The summed E-state index contributed by atoms with van der Waals surface area (Å²) >= 11 is 0. The van der Waals surface area contributed by atoms with Crippen molar-refractivity contribution in [1.82, 2.24) is 4.90 Å². The number of anilines is 1. The Morgan fingerprint density at radius 3 is 2.39 bits per heavy atom. The van der Waals surface area contributed by atoms with Gasteiger partial charge in [0.25, 0.3) is 5.91 Å². The maximum atomic E-state index is 13.5. The van der Waals surface area contributed by atoms with E-state index < -0.39 is 64.5 Å². The third kappa shape index (κ3) is 2.55. The number of fused-ring (bicyclic) bond motifs is 3. The van der Waals surface area contributed by atoms with E-state index in [4.69, 9.17) is 11.5 Å². The van der Waals surface area contributed by atoms with E-state index >= 15 is 0 Å². The fourth-order valence-corrected chi connectivity index (χ4v) is 5.39. The van der Waals surface area contributed by atoms with Gasteiger partial charge in [0.1, 0.15) is 22.8 Å². The van der Waals surface area contributed by atoms with E-state index in [9.17, 15) is 34.8 Å². The van der Waals surface area contributed by atoms with Gasteiger partial charge < -0.3 is 36.8 Å². The molecular formula is C21H23N3O7. The van der Waals surface area contributed by atoms with Crippen LogP contribution < -0.4 is 11.5 Å². The minimum atomic E-state index is -2.64. The molecule has 3 aliphatic carbocycles. The highest BCUT2D eigenvalue weighted by Gasteiger charge is 2.64. The number of primary amides is 1. The second-order valence-corrected chi connectivity index (χ2v) is 8.47. The summed E-state index contributed by atoms with van der Waals surface area (Å²) in [5.41, 5.74) is 8.31. The van der Waals surface area contributed by atoms with Gasteiger partial charge in [-0.15, -0.1) is 0 Å². The number of aliphatic hydroxyl groups excluding tert-OH is 2. The number of amides is 1. The summed E-state index contributed by atoms with van der Waals surface area (Å²) < 4.78 is 0. The highest BCUT2D eigenvalue weighted by molar-refractivity contribution is 6.23.